The van der Waals surface area contributed by atoms with Gasteiger partial charge in [-0.15, -0.1) is 11.3 Å². The van der Waals surface area contributed by atoms with Gasteiger partial charge in [0.1, 0.15) is 16.0 Å². The number of benzene rings is 1. The lowest BCUT2D eigenvalue weighted by atomic mass is 10.0. The van der Waals surface area contributed by atoms with Crippen molar-refractivity contribution in [1.82, 2.24) is 5.32 Å². The zero-order chi connectivity index (χ0) is 15.4. The Morgan fingerprint density at radius 2 is 2.10 bits per heavy atom. The quantitative estimate of drug-likeness (QED) is 0.660. The summed E-state index contributed by atoms with van der Waals surface area (Å²) in [5, 5.41) is 3.39. The highest BCUT2D eigenvalue weighted by molar-refractivity contribution is 9.10. The van der Waals surface area contributed by atoms with Crippen molar-refractivity contribution in [2.45, 2.75) is 25.8 Å². The van der Waals surface area contributed by atoms with Crippen molar-refractivity contribution in [2.24, 2.45) is 0 Å². The number of hydrogen-bond donors (Lipinski definition) is 1. The lowest BCUT2D eigenvalue weighted by Crippen LogP contribution is -2.23. The molecule has 1 aromatic heterocycles. The average molecular weight is 395 g/mol. The molecule has 0 aliphatic rings. The fourth-order valence-electron chi connectivity index (χ4n) is 2.03. The number of nitrogens with one attached hydrogen (secondary N) is 1. The van der Waals surface area contributed by atoms with Gasteiger partial charge in [-0.3, -0.25) is 0 Å². The summed E-state index contributed by atoms with van der Waals surface area (Å²) in [6, 6.07) is 5.60. The molecule has 1 nitrogen and oxygen atoms in total. The van der Waals surface area contributed by atoms with Crippen LogP contribution in [0.4, 0.5) is 8.78 Å². The minimum absolute atomic E-state index is 0.0429. The van der Waals surface area contributed by atoms with Gasteiger partial charge in [0.2, 0.25) is 0 Å². The Morgan fingerprint density at radius 1 is 1.33 bits per heavy atom. The van der Waals surface area contributed by atoms with Crippen molar-refractivity contribution in [3.8, 4) is 0 Å². The summed E-state index contributed by atoms with van der Waals surface area (Å²) in [7, 11) is 0. The molecule has 1 heterocycles. The normalized spacial score (nSPS) is 12.6. The van der Waals surface area contributed by atoms with Crippen molar-refractivity contribution in [3.63, 3.8) is 0 Å². The highest BCUT2D eigenvalue weighted by atomic mass is 79.9. The molecule has 2 rings (SSSR count). The Kier molecular flexibility index (Phi) is 6.17. The summed E-state index contributed by atoms with van der Waals surface area (Å²) in [6.07, 6.45) is 1.43. The molecule has 0 radical (unpaired) electrons. The van der Waals surface area contributed by atoms with Crippen molar-refractivity contribution in [3.05, 3.63) is 55.1 Å². The summed E-state index contributed by atoms with van der Waals surface area (Å²) in [5.74, 6) is -1.07. The summed E-state index contributed by atoms with van der Waals surface area (Å²) < 4.78 is 28.3. The number of halogens is 4. The first-order chi connectivity index (χ1) is 10.0. The largest absolute Gasteiger partial charge is 0.309 e. The third-order valence-corrected chi connectivity index (χ3v) is 5.68. The van der Waals surface area contributed by atoms with E-state index in [1.54, 1.807) is 0 Å². The zero-order valence-electron chi connectivity index (χ0n) is 11.4. The molecule has 1 unspecified atom stereocenters. The molecule has 0 aliphatic heterocycles. The maximum absolute atomic E-state index is 13.8. The molecule has 114 valence electrons. The molecule has 1 atom stereocenters. The first-order valence-corrected chi connectivity index (χ1v) is 8.62. The molecule has 0 aliphatic carbocycles. The van der Waals surface area contributed by atoms with E-state index in [1.807, 2.05) is 6.07 Å². The molecule has 0 spiro atoms. The van der Waals surface area contributed by atoms with E-state index in [2.05, 4.69) is 28.2 Å². The highest BCUT2D eigenvalue weighted by Gasteiger charge is 2.18. The van der Waals surface area contributed by atoms with Crippen LogP contribution in [-0.4, -0.2) is 6.54 Å². The molecule has 2 aromatic rings. The zero-order valence-corrected chi connectivity index (χ0v) is 14.6. The maximum atomic E-state index is 13.8. The van der Waals surface area contributed by atoms with E-state index in [1.165, 1.54) is 23.5 Å². The molecule has 0 fully saturated rings. The van der Waals surface area contributed by atoms with Gasteiger partial charge in [-0.05, 0) is 53.0 Å². The fraction of sp³-hybridized carbons (Fsp3) is 0.333. The monoisotopic (exact) mass is 393 g/mol. The Morgan fingerprint density at radius 3 is 2.67 bits per heavy atom. The van der Waals surface area contributed by atoms with Crippen LogP contribution in [0.3, 0.4) is 0 Å². The SMILES string of the molecule is CCCNC(Cc1ccc(F)cc1F)c1cc(Br)c(Cl)s1. The smallest absolute Gasteiger partial charge is 0.129 e. The van der Waals surface area contributed by atoms with E-state index in [0.29, 0.717) is 16.3 Å². The van der Waals surface area contributed by atoms with Crippen molar-refractivity contribution in [1.29, 1.82) is 0 Å². The van der Waals surface area contributed by atoms with Gasteiger partial charge in [0, 0.05) is 21.5 Å². The molecule has 0 amide bonds. The second-order valence-electron chi connectivity index (χ2n) is 4.72. The number of rotatable bonds is 6. The van der Waals surface area contributed by atoms with Gasteiger partial charge in [0.15, 0.2) is 0 Å². The van der Waals surface area contributed by atoms with Crippen LogP contribution in [-0.2, 0) is 6.42 Å². The highest BCUT2D eigenvalue weighted by Crippen LogP contribution is 2.36. The van der Waals surface area contributed by atoms with E-state index in [9.17, 15) is 8.78 Å². The maximum Gasteiger partial charge on any atom is 0.129 e. The van der Waals surface area contributed by atoms with Gasteiger partial charge in [-0.2, -0.15) is 0 Å². The van der Waals surface area contributed by atoms with E-state index in [4.69, 9.17) is 11.6 Å². The van der Waals surface area contributed by atoms with Gasteiger partial charge >= 0.3 is 0 Å². The molecular formula is C15H15BrClF2NS. The van der Waals surface area contributed by atoms with Crippen LogP contribution in [0, 0.1) is 11.6 Å². The Hall–Kier alpha value is -0.490. The van der Waals surface area contributed by atoms with Gasteiger partial charge in [-0.25, -0.2) is 8.78 Å². The lowest BCUT2D eigenvalue weighted by Gasteiger charge is -2.17. The van der Waals surface area contributed by atoms with E-state index in [-0.39, 0.29) is 6.04 Å². The molecule has 1 aromatic carbocycles. The molecule has 21 heavy (non-hydrogen) atoms. The van der Waals surface area contributed by atoms with Crippen LogP contribution in [0.1, 0.15) is 29.8 Å². The van der Waals surface area contributed by atoms with Crippen LogP contribution in [0.25, 0.3) is 0 Å². The topological polar surface area (TPSA) is 12.0 Å². The molecule has 0 saturated heterocycles. The van der Waals surface area contributed by atoms with E-state index in [0.717, 1.165) is 28.4 Å². The van der Waals surface area contributed by atoms with Gasteiger partial charge in [-0.1, -0.05) is 24.6 Å². The third kappa shape index (κ3) is 4.49. The summed E-state index contributed by atoms with van der Waals surface area (Å²) in [6.45, 7) is 2.89. The second kappa shape index (κ2) is 7.68. The van der Waals surface area contributed by atoms with Gasteiger partial charge < -0.3 is 5.32 Å². The first-order valence-electron chi connectivity index (χ1n) is 6.63. The molecule has 6 heteroatoms. The Balaban J connectivity index is 2.23. The predicted octanol–water partition coefficient (Wildman–Crippen LogP) is 5.73. The van der Waals surface area contributed by atoms with Gasteiger partial charge in [0.05, 0.1) is 0 Å². The van der Waals surface area contributed by atoms with Crippen LogP contribution in [0.5, 0.6) is 0 Å². The molecule has 0 bridgehead atoms. The van der Waals surface area contributed by atoms with Crippen LogP contribution in [0.2, 0.25) is 4.34 Å². The predicted molar refractivity (Wildman–Crippen MR) is 88.1 cm³/mol. The number of hydrogen-bond acceptors (Lipinski definition) is 2. The van der Waals surface area contributed by atoms with E-state index >= 15 is 0 Å². The average Bonchev–Trinajstić information content (AvgIpc) is 2.77. The van der Waals surface area contributed by atoms with E-state index < -0.39 is 11.6 Å². The van der Waals surface area contributed by atoms with Crippen LogP contribution in [0.15, 0.2) is 28.7 Å². The van der Waals surface area contributed by atoms with Gasteiger partial charge in [0.25, 0.3) is 0 Å². The Bertz CT molecular complexity index is 598. The Labute approximate surface area is 140 Å². The number of thiophene rings is 1. The minimum Gasteiger partial charge on any atom is -0.309 e. The molecule has 0 saturated carbocycles. The summed E-state index contributed by atoms with van der Waals surface area (Å²) in [5.41, 5.74) is 0.491. The van der Waals surface area contributed by atoms with Crippen LogP contribution >= 0.6 is 38.9 Å². The van der Waals surface area contributed by atoms with Crippen LogP contribution < -0.4 is 5.32 Å². The van der Waals surface area contributed by atoms with Crippen molar-refractivity contribution >= 4 is 38.9 Å². The fourth-order valence-corrected chi connectivity index (χ4v) is 3.85. The summed E-state index contributed by atoms with van der Waals surface area (Å²) >= 11 is 10.9. The van der Waals surface area contributed by atoms with Crippen molar-refractivity contribution in [2.75, 3.05) is 6.54 Å². The second-order valence-corrected chi connectivity index (χ2v) is 7.26. The minimum atomic E-state index is -0.559. The summed E-state index contributed by atoms with van der Waals surface area (Å²) in [4.78, 5) is 1.03. The lowest BCUT2D eigenvalue weighted by molar-refractivity contribution is 0.513. The molecule has 1 N–H and O–H groups in total. The van der Waals surface area contributed by atoms with Crippen molar-refractivity contribution < 1.29 is 8.78 Å². The third-order valence-electron chi connectivity index (χ3n) is 3.09. The molecular weight excluding hydrogens is 380 g/mol. The first kappa shape index (κ1) is 16.9. The standard InChI is InChI=1S/C15H15BrClF2NS/c1-2-5-20-13(14-8-11(16)15(17)21-14)6-9-3-4-10(18)7-12(9)19/h3-4,7-8,13,20H,2,5-6H2,1H3.